The van der Waals surface area contributed by atoms with Crippen molar-refractivity contribution in [2.45, 2.75) is 19.4 Å². The summed E-state index contributed by atoms with van der Waals surface area (Å²) < 4.78 is 13.3. The summed E-state index contributed by atoms with van der Waals surface area (Å²) in [5.74, 6) is 2.01. The first-order valence-corrected chi connectivity index (χ1v) is 13.5. The van der Waals surface area contributed by atoms with Crippen LogP contribution in [0, 0.1) is 6.92 Å². The highest BCUT2D eigenvalue weighted by Crippen LogP contribution is 2.40. The molecule has 2 aromatic carbocycles. The molecule has 9 nitrogen and oxygen atoms in total. The number of hydrogen-bond acceptors (Lipinski definition) is 7. The van der Waals surface area contributed by atoms with Crippen LogP contribution in [0.2, 0.25) is 0 Å². The molecule has 0 spiro atoms. The van der Waals surface area contributed by atoms with Gasteiger partial charge >= 0.3 is 0 Å². The smallest absolute Gasteiger partial charge is 0.246 e. The Kier molecular flexibility index (Phi) is 8.42. The topological polar surface area (TPSA) is 98.7 Å². The van der Waals surface area contributed by atoms with Crippen LogP contribution in [-0.2, 0) is 9.53 Å². The third kappa shape index (κ3) is 5.85. The number of carbonyl (C=O) groups is 1. The van der Waals surface area contributed by atoms with Crippen LogP contribution in [0.4, 0.5) is 5.82 Å². The fraction of sp³-hybridized carbons (Fsp3) is 0.323. The Morgan fingerprint density at radius 3 is 2.62 bits per heavy atom. The molecule has 40 heavy (non-hydrogen) atoms. The lowest BCUT2D eigenvalue weighted by Gasteiger charge is -2.18. The van der Waals surface area contributed by atoms with E-state index < -0.39 is 0 Å². The molecule has 1 aliphatic heterocycles. The van der Waals surface area contributed by atoms with E-state index in [9.17, 15) is 4.79 Å². The summed E-state index contributed by atoms with van der Waals surface area (Å²) in [6, 6.07) is 17.8. The lowest BCUT2D eigenvalue weighted by molar-refractivity contribution is -0.125. The highest BCUT2D eigenvalue weighted by atomic mass is 16.5. The van der Waals surface area contributed by atoms with E-state index in [4.69, 9.17) is 15.2 Å². The Morgan fingerprint density at radius 2 is 1.88 bits per heavy atom. The van der Waals surface area contributed by atoms with E-state index in [1.165, 1.54) is 6.33 Å². The summed E-state index contributed by atoms with van der Waals surface area (Å²) in [6.07, 6.45) is 5.94. The molecule has 2 aromatic heterocycles. The Morgan fingerprint density at radius 1 is 1.12 bits per heavy atom. The number of nitrogens with two attached hydrogens (primary N) is 1. The molecule has 208 valence electrons. The first-order chi connectivity index (χ1) is 19.5. The van der Waals surface area contributed by atoms with Crippen LogP contribution >= 0.6 is 0 Å². The molecule has 0 aliphatic carbocycles. The number of nitrogen functional groups attached to an aromatic ring is 1. The summed E-state index contributed by atoms with van der Waals surface area (Å²) in [5, 5.41) is 0.834. The minimum Gasteiger partial charge on any atom is -0.457 e. The second-order valence-corrected chi connectivity index (χ2v) is 10.1. The number of likely N-dealkylation sites (tertiary alicyclic amines) is 1. The van der Waals surface area contributed by atoms with Crippen molar-refractivity contribution in [1.82, 2.24) is 24.3 Å². The second kappa shape index (κ2) is 12.3. The van der Waals surface area contributed by atoms with Gasteiger partial charge in [0, 0.05) is 50.6 Å². The molecule has 0 radical (unpaired) electrons. The molecule has 1 saturated heterocycles. The zero-order chi connectivity index (χ0) is 28.1. The molecule has 1 fully saturated rings. The van der Waals surface area contributed by atoms with Crippen LogP contribution in [-0.4, -0.2) is 77.2 Å². The lowest BCUT2D eigenvalue weighted by Crippen LogP contribution is -2.28. The molecule has 0 saturated carbocycles. The maximum absolute atomic E-state index is 12.9. The van der Waals surface area contributed by atoms with Gasteiger partial charge in [-0.25, -0.2) is 9.97 Å². The maximum Gasteiger partial charge on any atom is 0.246 e. The average Bonchev–Trinajstić information content (AvgIpc) is 3.56. The first-order valence-electron chi connectivity index (χ1n) is 13.5. The molecular formula is C31H36N6O3. The maximum atomic E-state index is 12.9. The van der Waals surface area contributed by atoms with Crippen LogP contribution in [0.15, 0.2) is 73.1 Å². The van der Waals surface area contributed by atoms with Gasteiger partial charge < -0.3 is 29.6 Å². The number of benzene rings is 2. The molecule has 3 heterocycles. The third-order valence-electron chi connectivity index (χ3n) is 7.37. The predicted molar refractivity (Wildman–Crippen MR) is 157 cm³/mol. The number of likely N-dealkylation sites (N-methyl/N-ethyl adjacent to an activating group) is 1. The molecule has 1 amide bonds. The molecule has 4 aromatic rings. The number of nitrogens with zero attached hydrogens (tertiary/aromatic N) is 5. The number of methoxy groups -OCH3 is 1. The summed E-state index contributed by atoms with van der Waals surface area (Å²) in [6.45, 7) is 5.57. The van der Waals surface area contributed by atoms with E-state index in [1.807, 2.05) is 72.6 Å². The average molecular weight is 541 g/mol. The Bertz CT molecular complexity index is 1480. The molecule has 1 atom stereocenters. The highest BCUT2D eigenvalue weighted by molar-refractivity contribution is 6.02. The number of rotatable bonds is 10. The van der Waals surface area contributed by atoms with E-state index in [2.05, 4.69) is 26.4 Å². The van der Waals surface area contributed by atoms with Gasteiger partial charge in [-0.05, 0) is 50.2 Å². The summed E-state index contributed by atoms with van der Waals surface area (Å²) in [7, 11) is 3.70. The molecule has 1 aliphatic rings. The van der Waals surface area contributed by atoms with Crippen LogP contribution in [0.5, 0.6) is 11.5 Å². The van der Waals surface area contributed by atoms with Gasteiger partial charge in [0.05, 0.1) is 18.0 Å². The number of fused-ring (bicyclic) bond motifs is 1. The highest BCUT2D eigenvalue weighted by Gasteiger charge is 2.31. The zero-order valence-electron chi connectivity index (χ0n) is 23.3. The van der Waals surface area contributed by atoms with Gasteiger partial charge in [0.1, 0.15) is 29.3 Å². The van der Waals surface area contributed by atoms with Crippen molar-refractivity contribution in [3.05, 3.63) is 78.8 Å². The van der Waals surface area contributed by atoms with Crippen molar-refractivity contribution in [2.24, 2.45) is 0 Å². The van der Waals surface area contributed by atoms with Crippen molar-refractivity contribution in [1.29, 1.82) is 0 Å². The quantitative estimate of drug-likeness (QED) is 0.292. The fourth-order valence-electron chi connectivity index (χ4n) is 5.32. The van der Waals surface area contributed by atoms with Gasteiger partial charge in [0.15, 0.2) is 0 Å². The fourth-order valence-corrected chi connectivity index (χ4v) is 5.32. The lowest BCUT2D eigenvalue weighted by atomic mass is 10.0. The number of para-hydroxylation sites is 1. The minimum absolute atomic E-state index is 0.0279. The monoisotopic (exact) mass is 540 g/mol. The molecule has 0 bridgehead atoms. The molecule has 0 unspecified atom stereocenters. The summed E-state index contributed by atoms with van der Waals surface area (Å²) in [5.41, 5.74) is 10.3. The van der Waals surface area contributed by atoms with Gasteiger partial charge in [-0.1, -0.05) is 36.4 Å². The van der Waals surface area contributed by atoms with Gasteiger partial charge in [0.2, 0.25) is 5.91 Å². The van der Waals surface area contributed by atoms with Gasteiger partial charge in [-0.2, -0.15) is 0 Å². The second-order valence-electron chi connectivity index (χ2n) is 10.1. The Balaban J connectivity index is 1.37. The van der Waals surface area contributed by atoms with Crippen molar-refractivity contribution in [3.63, 3.8) is 0 Å². The first kappa shape index (κ1) is 27.4. The van der Waals surface area contributed by atoms with Crippen molar-refractivity contribution in [3.8, 4) is 22.6 Å². The molecule has 2 N–H and O–H groups in total. The molecule has 9 heteroatoms. The summed E-state index contributed by atoms with van der Waals surface area (Å²) >= 11 is 0. The van der Waals surface area contributed by atoms with Gasteiger partial charge in [-0.15, -0.1) is 0 Å². The molecule has 5 rings (SSSR count). The number of anilines is 1. The van der Waals surface area contributed by atoms with Crippen LogP contribution in [0.1, 0.15) is 18.2 Å². The van der Waals surface area contributed by atoms with Crippen molar-refractivity contribution in [2.75, 3.05) is 52.7 Å². The van der Waals surface area contributed by atoms with Crippen molar-refractivity contribution < 1.29 is 14.3 Å². The Hall–Kier alpha value is -4.21. The third-order valence-corrected chi connectivity index (χ3v) is 7.37. The number of ether oxygens (including phenoxy) is 2. The van der Waals surface area contributed by atoms with E-state index in [1.54, 1.807) is 13.2 Å². The molecular weight excluding hydrogens is 504 g/mol. The van der Waals surface area contributed by atoms with Gasteiger partial charge in [0.25, 0.3) is 0 Å². The number of carbonyl (C=O) groups excluding carboxylic acids is 1. The van der Waals surface area contributed by atoms with E-state index >= 15 is 0 Å². The van der Waals surface area contributed by atoms with E-state index in [0.717, 1.165) is 52.3 Å². The van der Waals surface area contributed by atoms with Crippen LogP contribution in [0.3, 0.4) is 0 Å². The Labute approximate surface area is 234 Å². The largest absolute Gasteiger partial charge is 0.457 e. The number of amides is 1. The SMILES string of the molecule is COCCN(C)C/C=C/C(=O)N1CC[C@@H](n2c(C)c(-c3ccc(Oc4ccccc4)cc3)c3c(N)ncnc32)C1. The number of aromatic nitrogens is 3. The van der Waals surface area contributed by atoms with E-state index in [-0.39, 0.29) is 11.9 Å². The minimum atomic E-state index is 0.0279. The normalized spacial score (nSPS) is 15.5. The predicted octanol–water partition coefficient (Wildman–Crippen LogP) is 4.69. The zero-order valence-corrected chi connectivity index (χ0v) is 23.3. The van der Waals surface area contributed by atoms with E-state index in [0.29, 0.717) is 32.1 Å². The van der Waals surface area contributed by atoms with Crippen LogP contribution in [0.25, 0.3) is 22.2 Å². The van der Waals surface area contributed by atoms with Crippen LogP contribution < -0.4 is 10.5 Å². The number of hydrogen-bond donors (Lipinski definition) is 1. The van der Waals surface area contributed by atoms with Gasteiger partial charge in [-0.3, -0.25) is 4.79 Å². The standard InChI is InChI=1S/C31H36N6O3/c1-22-28(23-11-13-26(14-12-23)40-25-8-5-4-6-9-25)29-30(32)33-21-34-31(29)37(22)24-15-17-36(20-24)27(38)10-7-16-35(2)18-19-39-3/h4-14,21,24H,15-20H2,1-3H3,(H2,32,33,34)/b10-7+/t24-/m1/s1. The summed E-state index contributed by atoms with van der Waals surface area (Å²) in [4.78, 5) is 25.9. The van der Waals surface area contributed by atoms with Crippen molar-refractivity contribution >= 4 is 22.8 Å².